The fraction of sp³-hybridized carbons (Fsp3) is 0.700. The minimum atomic E-state index is -4.19. The van der Waals surface area contributed by atoms with Crippen molar-refractivity contribution >= 4 is 0 Å². The number of rotatable bonds is 2. The van der Waals surface area contributed by atoms with E-state index in [1.54, 1.807) is 0 Å². The fourth-order valence-electron chi connectivity index (χ4n) is 0.948. The third kappa shape index (κ3) is 5.44. The lowest BCUT2D eigenvalue weighted by Crippen LogP contribution is -2.17. The molecule has 0 atom stereocenters. The van der Waals surface area contributed by atoms with E-state index in [9.17, 15) is 13.2 Å². The van der Waals surface area contributed by atoms with Gasteiger partial charge in [0.05, 0.1) is 6.20 Å². The van der Waals surface area contributed by atoms with Crippen LogP contribution in [0.3, 0.4) is 0 Å². The zero-order chi connectivity index (χ0) is 12.1. The molecule has 88 valence electrons. The van der Waals surface area contributed by atoms with E-state index >= 15 is 0 Å². The summed E-state index contributed by atoms with van der Waals surface area (Å²) in [6.07, 6.45) is -1.30. The van der Waals surface area contributed by atoms with Gasteiger partial charge in [0.15, 0.2) is 0 Å². The van der Waals surface area contributed by atoms with E-state index < -0.39 is 12.7 Å². The highest BCUT2D eigenvalue weighted by molar-refractivity contribution is 5.08. The quantitative estimate of drug-likeness (QED) is 0.747. The van der Waals surface area contributed by atoms with Crippen molar-refractivity contribution in [2.75, 3.05) is 0 Å². The molecule has 5 heteroatoms. The maximum Gasteiger partial charge on any atom is 0.408 e. The molecule has 0 fully saturated rings. The zero-order valence-corrected chi connectivity index (χ0v) is 9.47. The topological polar surface area (TPSA) is 17.8 Å². The molecule has 0 spiro atoms. The highest BCUT2D eigenvalue weighted by Gasteiger charge is 2.28. The molecule has 0 aliphatic rings. The van der Waals surface area contributed by atoms with Crippen molar-refractivity contribution in [3.05, 3.63) is 18.0 Å². The Morgan fingerprint density at radius 2 is 1.87 bits per heavy atom. The minimum absolute atomic E-state index is 0.210. The van der Waals surface area contributed by atoms with E-state index in [1.165, 1.54) is 12.4 Å². The first-order valence-electron chi connectivity index (χ1n) is 4.97. The fourth-order valence-corrected chi connectivity index (χ4v) is 0.948. The Morgan fingerprint density at radius 3 is 2.20 bits per heavy atom. The van der Waals surface area contributed by atoms with Gasteiger partial charge in [-0.05, 0) is 11.5 Å². The second kappa shape index (κ2) is 5.78. The van der Waals surface area contributed by atoms with Crippen molar-refractivity contribution in [3.8, 4) is 0 Å². The Bertz CT molecular complexity index is 276. The molecule has 0 saturated carbocycles. The molecular weight excluding hydrogens is 205 g/mol. The molecular formula is C10H17F3N2. The summed E-state index contributed by atoms with van der Waals surface area (Å²) in [4.78, 5) is 0. The van der Waals surface area contributed by atoms with Crippen LogP contribution in [-0.2, 0) is 6.54 Å². The van der Waals surface area contributed by atoms with Gasteiger partial charge < -0.3 is 0 Å². The lowest BCUT2D eigenvalue weighted by molar-refractivity contribution is -0.142. The van der Waals surface area contributed by atoms with Crippen LogP contribution in [0.25, 0.3) is 0 Å². The van der Waals surface area contributed by atoms with Crippen LogP contribution in [0.4, 0.5) is 13.2 Å². The van der Waals surface area contributed by atoms with Crippen LogP contribution in [0.5, 0.6) is 0 Å². The average Bonchev–Trinajstić information content (AvgIpc) is 2.53. The Kier molecular flexibility index (Phi) is 5.39. The Labute approximate surface area is 88.1 Å². The van der Waals surface area contributed by atoms with Gasteiger partial charge in [-0.1, -0.05) is 27.7 Å². The zero-order valence-electron chi connectivity index (χ0n) is 9.47. The standard InChI is InChI=1S/C8H11F3N2.C2H6/c1-6(2)7-3-12-13(4-7)5-8(9,10)11;1-2/h3-4,6H,5H2,1-2H3;1-2H3. The van der Waals surface area contributed by atoms with Gasteiger partial charge in [0, 0.05) is 6.20 Å². The summed E-state index contributed by atoms with van der Waals surface area (Å²) in [6, 6.07) is 0. The monoisotopic (exact) mass is 222 g/mol. The summed E-state index contributed by atoms with van der Waals surface area (Å²) in [7, 11) is 0. The van der Waals surface area contributed by atoms with Gasteiger partial charge in [0.25, 0.3) is 0 Å². The molecule has 0 aliphatic heterocycles. The van der Waals surface area contributed by atoms with Crippen LogP contribution < -0.4 is 0 Å². The molecule has 0 N–H and O–H groups in total. The van der Waals surface area contributed by atoms with Gasteiger partial charge in [-0.25, -0.2) is 0 Å². The van der Waals surface area contributed by atoms with Crippen molar-refractivity contribution in [2.24, 2.45) is 0 Å². The highest BCUT2D eigenvalue weighted by atomic mass is 19.4. The van der Waals surface area contributed by atoms with Gasteiger partial charge in [-0.15, -0.1) is 0 Å². The smallest absolute Gasteiger partial charge is 0.263 e. The van der Waals surface area contributed by atoms with Crippen LogP contribution in [0.1, 0.15) is 39.2 Å². The molecule has 0 radical (unpaired) electrons. The highest BCUT2D eigenvalue weighted by Crippen LogP contribution is 2.18. The largest absolute Gasteiger partial charge is 0.408 e. The minimum Gasteiger partial charge on any atom is -0.263 e. The molecule has 0 aliphatic carbocycles. The van der Waals surface area contributed by atoms with Crippen molar-refractivity contribution in [1.29, 1.82) is 0 Å². The lowest BCUT2D eigenvalue weighted by Gasteiger charge is -2.05. The van der Waals surface area contributed by atoms with Crippen molar-refractivity contribution < 1.29 is 13.2 Å². The van der Waals surface area contributed by atoms with Gasteiger partial charge in [0.2, 0.25) is 0 Å². The summed E-state index contributed by atoms with van der Waals surface area (Å²) < 4.78 is 36.6. The molecule has 0 saturated heterocycles. The molecule has 2 nitrogen and oxygen atoms in total. The first-order chi connectivity index (χ1) is 6.88. The molecule has 0 amide bonds. The summed E-state index contributed by atoms with van der Waals surface area (Å²) >= 11 is 0. The number of aromatic nitrogens is 2. The normalized spacial score (nSPS) is 11.2. The van der Waals surface area contributed by atoms with Crippen LogP contribution in [-0.4, -0.2) is 16.0 Å². The molecule has 15 heavy (non-hydrogen) atoms. The first kappa shape index (κ1) is 14.0. The molecule has 1 rings (SSSR count). The lowest BCUT2D eigenvalue weighted by atomic mass is 10.1. The van der Waals surface area contributed by atoms with E-state index in [2.05, 4.69) is 5.10 Å². The molecule has 0 bridgehead atoms. The predicted octanol–water partition coefficient (Wildman–Crippen LogP) is 3.60. The van der Waals surface area contributed by atoms with Crippen molar-refractivity contribution in [2.45, 2.75) is 46.3 Å². The number of alkyl halides is 3. The Hall–Kier alpha value is -1.00. The maximum absolute atomic E-state index is 11.9. The first-order valence-corrected chi connectivity index (χ1v) is 4.97. The second-order valence-corrected chi connectivity index (χ2v) is 3.24. The summed E-state index contributed by atoms with van der Waals surface area (Å²) in [5.41, 5.74) is 0.823. The van der Waals surface area contributed by atoms with Gasteiger partial charge in [0.1, 0.15) is 6.54 Å². The van der Waals surface area contributed by atoms with Gasteiger partial charge in [-0.2, -0.15) is 18.3 Å². The summed E-state index contributed by atoms with van der Waals surface area (Å²) in [5.74, 6) is 0.210. The van der Waals surface area contributed by atoms with Gasteiger partial charge >= 0.3 is 6.18 Å². The van der Waals surface area contributed by atoms with Crippen LogP contribution in [0.2, 0.25) is 0 Å². The molecule has 1 aromatic heterocycles. The number of nitrogens with zero attached hydrogens (tertiary/aromatic N) is 2. The van der Waals surface area contributed by atoms with E-state index in [4.69, 9.17) is 0 Å². The van der Waals surface area contributed by atoms with Crippen LogP contribution in [0.15, 0.2) is 12.4 Å². The number of hydrogen-bond acceptors (Lipinski definition) is 1. The third-order valence-corrected chi connectivity index (χ3v) is 1.66. The summed E-state index contributed by atoms with van der Waals surface area (Å²) in [6.45, 7) is 6.81. The van der Waals surface area contributed by atoms with E-state index in [0.29, 0.717) is 0 Å². The molecule has 1 heterocycles. The third-order valence-electron chi connectivity index (χ3n) is 1.66. The summed E-state index contributed by atoms with van der Waals surface area (Å²) in [5, 5.41) is 3.62. The maximum atomic E-state index is 11.9. The molecule has 0 unspecified atom stereocenters. The van der Waals surface area contributed by atoms with E-state index in [1.807, 2.05) is 27.7 Å². The Balaban J connectivity index is 0.000000921. The number of hydrogen-bond donors (Lipinski definition) is 0. The van der Waals surface area contributed by atoms with E-state index in [0.717, 1.165) is 10.2 Å². The van der Waals surface area contributed by atoms with Crippen LogP contribution >= 0.6 is 0 Å². The average molecular weight is 222 g/mol. The predicted molar refractivity (Wildman–Crippen MR) is 53.7 cm³/mol. The number of halogens is 3. The second-order valence-electron chi connectivity index (χ2n) is 3.24. The van der Waals surface area contributed by atoms with Crippen LogP contribution in [0, 0.1) is 0 Å². The van der Waals surface area contributed by atoms with E-state index in [-0.39, 0.29) is 5.92 Å². The molecule has 0 aromatic carbocycles. The Morgan fingerprint density at radius 1 is 1.33 bits per heavy atom. The molecule has 1 aromatic rings. The SMILES string of the molecule is CC.CC(C)c1cnn(CC(F)(F)F)c1. The van der Waals surface area contributed by atoms with Crippen molar-refractivity contribution in [3.63, 3.8) is 0 Å². The van der Waals surface area contributed by atoms with Gasteiger partial charge in [-0.3, -0.25) is 4.68 Å². The van der Waals surface area contributed by atoms with Crippen molar-refractivity contribution in [1.82, 2.24) is 9.78 Å².